The van der Waals surface area contributed by atoms with Crippen LogP contribution in [0.1, 0.15) is 12.8 Å². The fourth-order valence-electron chi connectivity index (χ4n) is 2.22. The van der Waals surface area contributed by atoms with Crippen LogP contribution in [0.5, 0.6) is 11.5 Å². The van der Waals surface area contributed by atoms with Crippen LogP contribution in [0, 0.1) is 0 Å². The van der Waals surface area contributed by atoms with E-state index in [9.17, 15) is 15.0 Å². The highest BCUT2D eigenvalue weighted by Crippen LogP contribution is 2.47. The maximum absolute atomic E-state index is 11.8. The van der Waals surface area contributed by atoms with E-state index in [1.807, 2.05) is 0 Å². The molecule has 1 aliphatic rings. The molecule has 1 heterocycles. The smallest absolute Gasteiger partial charge is 0.322 e. The number of carboxylic acid groups (broad SMARTS) is 1. The van der Waals surface area contributed by atoms with Crippen molar-refractivity contribution in [2.45, 2.75) is 28.6 Å². The van der Waals surface area contributed by atoms with Crippen molar-refractivity contribution in [3.05, 3.63) is 18.2 Å². The van der Waals surface area contributed by atoms with E-state index in [1.165, 1.54) is 0 Å². The van der Waals surface area contributed by atoms with Gasteiger partial charge in [0.2, 0.25) is 0 Å². The van der Waals surface area contributed by atoms with Crippen molar-refractivity contribution < 1.29 is 24.5 Å². The number of carboxylic acids is 1. The van der Waals surface area contributed by atoms with Gasteiger partial charge in [-0.3, -0.25) is 4.79 Å². The van der Waals surface area contributed by atoms with Gasteiger partial charge in [0, 0.05) is 11.9 Å². The summed E-state index contributed by atoms with van der Waals surface area (Å²) in [7, 11) is 1.54. The second-order valence-corrected chi connectivity index (χ2v) is 6.48. The molecule has 0 spiro atoms. The van der Waals surface area contributed by atoms with E-state index in [2.05, 4.69) is 0 Å². The summed E-state index contributed by atoms with van der Waals surface area (Å²) in [5.74, 6) is 0.427. The molecule has 116 valence electrons. The van der Waals surface area contributed by atoms with Gasteiger partial charge in [-0.1, -0.05) is 0 Å². The summed E-state index contributed by atoms with van der Waals surface area (Å²) in [4.78, 5) is 12.4. The molecular weight excluding hydrogens is 316 g/mol. The molecule has 2 rings (SSSR count). The van der Waals surface area contributed by atoms with Gasteiger partial charge in [-0.2, -0.15) is 0 Å². The largest absolute Gasteiger partial charge is 0.497 e. The first-order valence-corrected chi connectivity index (χ1v) is 7.86. The molecule has 7 heteroatoms. The lowest BCUT2D eigenvalue weighted by molar-refractivity contribution is -0.144. The number of benzene rings is 1. The van der Waals surface area contributed by atoms with Gasteiger partial charge in [0.15, 0.2) is 0 Å². The first kappa shape index (κ1) is 16.3. The van der Waals surface area contributed by atoms with Crippen LogP contribution < -0.4 is 9.47 Å². The third-order valence-corrected chi connectivity index (χ3v) is 5.26. The second-order valence-electron chi connectivity index (χ2n) is 4.73. The van der Waals surface area contributed by atoms with Crippen LogP contribution in [0.4, 0.5) is 0 Å². The number of hydrogen-bond donors (Lipinski definition) is 2. The third-order valence-electron chi connectivity index (χ3n) is 3.42. The van der Waals surface area contributed by atoms with Crippen molar-refractivity contribution in [2.24, 2.45) is 0 Å². The molecule has 1 aromatic carbocycles. The number of aliphatic hydroxyl groups excluding tert-OH is 1. The highest BCUT2D eigenvalue weighted by molar-refractivity contribution is 8.01. The number of halogens is 1. The molecular formula is C14H17ClO5S. The Morgan fingerprint density at radius 1 is 1.62 bits per heavy atom. The Bertz CT molecular complexity index is 524. The van der Waals surface area contributed by atoms with Gasteiger partial charge in [-0.25, -0.2) is 0 Å². The normalized spacial score (nSPS) is 24.6. The van der Waals surface area contributed by atoms with Crippen molar-refractivity contribution in [3.63, 3.8) is 0 Å². The number of aliphatic carboxylic acids is 1. The zero-order valence-corrected chi connectivity index (χ0v) is 13.1. The number of ether oxygens (including phenoxy) is 2. The van der Waals surface area contributed by atoms with E-state index < -0.39 is 16.8 Å². The van der Waals surface area contributed by atoms with Gasteiger partial charge in [0.1, 0.15) is 29.0 Å². The molecule has 0 saturated heterocycles. The van der Waals surface area contributed by atoms with Gasteiger partial charge in [0.25, 0.3) is 0 Å². The Labute approximate surface area is 132 Å². The van der Waals surface area contributed by atoms with Crippen LogP contribution in [0.3, 0.4) is 0 Å². The quantitative estimate of drug-likeness (QED) is 0.806. The van der Waals surface area contributed by atoms with Crippen molar-refractivity contribution in [3.8, 4) is 11.5 Å². The maximum Gasteiger partial charge on any atom is 0.322 e. The summed E-state index contributed by atoms with van der Waals surface area (Å²) >= 11 is 6.80. The monoisotopic (exact) mass is 332 g/mol. The topological polar surface area (TPSA) is 76.0 Å². The van der Waals surface area contributed by atoms with Gasteiger partial charge in [0.05, 0.1) is 12.0 Å². The van der Waals surface area contributed by atoms with E-state index in [4.69, 9.17) is 21.1 Å². The highest BCUT2D eigenvalue weighted by Gasteiger charge is 2.48. The van der Waals surface area contributed by atoms with E-state index >= 15 is 0 Å². The predicted molar refractivity (Wildman–Crippen MR) is 80.7 cm³/mol. The standard InChI is InChI=1S/C14H17ClO5S/c1-19-9-3-4-11-10(7-9)20-8-12(16)14(21-11,13(17)18)5-2-6-15/h3-4,7,12,16H,2,5-6,8H2,1H3,(H,17,18). The van der Waals surface area contributed by atoms with Crippen LogP contribution in [0.2, 0.25) is 0 Å². The van der Waals surface area contributed by atoms with E-state index in [0.717, 1.165) is 11.8 Å². The fraction of sp³-hybridized carbons (Fsp3) is 0.500. The summed E-state index contributed by atoms with van der Waals surface area (Å²) in [6, 6.07) is 5.17. The molecule has 0 saturated carbocycles. The van der Waals surface area contributed by atoms with Crippen LogP contribution in [-0.2, 0) is 4.79 Å². The molecule has 0 aliphatic carbocycles. The summed E-state index contributed by atoms with van der Waals surface area (Å²) in [5, 5.41) is 19.9. The predicted octanol–water partition coefficient (Wildman–Crippen LogP) is 2.38. The lowest BCUT2D eigenvalue weighted by Gasteiger charge is -2.30. The zero-order chi connectivity index (χ0) is 15.5. The Balaban J connectivity index is 2.39. The Kier molecular flexibility index (Phi) is 5.24. The van der Waals surface area contributed by atoms with E-state index in [-0.39, 0.29) is 13.0 Å². The average Bonchev–Trinajstić information content (AvgIpc) is 2.62. The number of aliphatic hydroxyl groups is 1. The van der Waals surface area contributed by atoms with E-state index in [1.54, 1.807) is 25.3 Å². The van der Waals surface area contributed by atoms with Gasteiger partial charge in [-0.05, 0) is 25.0 Å². The summed E-state index contributed by atoms with van der Waals surface area (Å²) in [5.41, 5.74) is 0. The van der Waals surface area contributed by atoms with Crippen LogP contribution in [-0.4, -0.2) is 46.6 Å². The van der Waals surface area contributed by atoms with Gasteiger partial charge >= 0.3 is 5.97 Å². The van der Waals surface area contributed by atoms with Crippen molar-refractivity contribution in [1.82, 2.24) is 0 Å². The fourth-order valence-corrected chi connectivity index (χ4v) is 3.64. The first-order chi connectivity index (χ1) is 10.0. The molecule has 21 heavy (non-hydrogen) atoms. The van der Waals surface area contributed by atoms with Gasteiger partial charge < -0.3 is 19.7 Å². The number of fused-ring (bicyclic) bond motifs is 1. The molecule has 0 fully saturated rings. The summed E-state index contributed by atoms with van der Waals surface area (Å²) in [6.45, 7) is -0.0816. The zero-order valence-electron chi connectivity index (χ0n) is 11.5. The first-order valence-electron chi connectivity index (χ1n) is 6.51. The average molecular weight is 333 g/mol. The van der Waals surface area contributed by atoms with Crippen molar-refractivity contribution in [1.29, 1.82) is 0 Å². The maximum atomic E-state index is 11.8. The number of thioether (sulfide) groups is 1. The highest BCUT2D eigenvalue weighted by atomic mass is 35.5. The van der Waals surface area contributed by atoms with E-state index in [0.29, 0.717) is 28.7 Å². The molecule has 0 amide bonds. The Morgan fingerprint density at radius 3 is 3.00 bits per heavy atom. The molecule has 0 radical (unpaired) electrons. The molecule has 1 aromatic rings. The molecule has 0 aromatic heterocycles. The molecule has 0 bridgehead atoms. The molecule has 2 atom stereocenters. The SMILES string of the molecule is COc1ccc2c(c1)OCC(O)C(CCCCl)(C(=O)O)S2. The number of carbonyl (C=O) groups is 1. The molecule has 2 N–H and O–H groups in total. The summed E-state index contributed by atoms with van der Waals surface area (Å²) in [6.07, 6.45) is -0.350. The van der Waals surface area contributed by atoms with Gasteiger partial charge in [-0.15, -0.1) is 23.4 Å². The van der Waals surface area contributed by atoms with Crippen LogP contribution in [0.25, 0.3) is 0 Å². The minimum atomic E-state index is -1.35. The summed E-state index contributed by atoms with van der Waals surface area (Å²) < 4.78 is 9.32. The molecule has 2 unspecified atom stereocenters. The van der Waals surface area contributed by atoms with Crippen molar-refractivity contribution >= 4 is 29.3 Å². The lowest BCUT2D eigenvalue weighted by Crippen LogP contribution is -2.48. The molecule has 1 aliphatic heterocycles. The molecule has 5 nitrogen and oxygen atoms in total. The number of methoxy groups -OCH3 is 1. The number of rotatable bonds is 5. The van der Waals surface area contributed by atoms with Crippen LogP contribution in [0.15, 0.2) is 23.1 Å². The number of alkyl halides is 1. The van der Waals surface area contributed by atoms with Crippen molar-refractivity contribution in [2.75, 3.05) is 19.6 Å². The third kappa shape index (κ3) is 3.22. The minimum Gasteiger partial charge on any atom is -0.497 e. The number of hydrogen-bond acceptors (Lipinski definition) is 5. The Hall–Kier alpha value is -1.11. The lowest BCUT2D eigenvalue weighted by atomic mass is 9.96. The second kappa shape index (κ2) is 6.77. The minimum absolute atomic E-state index is 0.0816. The van der Waals surface area contributed by atoms with Crippen LogP contribution >= 0.6 is 23.4 Å². The Morgan fingerprint density at radius 2 is 2.38 bits per heavy atom.